The van der Waals surface area contributed by atoms with E-state index >= 15 is 0 Å². The molecule has 8 aromatic carbocycles. The minimum Gasteiger partial charge on any atom is -0.456 e. The molecule has 3 aromatic heterocycles. The molecule has 3 nitrogen and oxygen atoms in total. The van der Waals surface area contributed by atoms with E-state index in [1.807, 2.05) is 23.5 Å². The van der Waals surface area contributed by atoms with E-state index in [1.54, 1.807) is 0 Å². The Labute approximate surface area is 303 Å². The van der Waals surface area contributed by atoms with Gasteiger partial charge in [0, 0.05) is 58.8 Å². The molecule has 11 rings (SSSR count). The van der Waals surface area contributed by atoms with E-state index in [2.05, 4.69) is 179 Å². The van der Waals surface area contributed by atoms with E-state index in [0.717, 1.165) is 44.7 Å². The SMILES string of the molecule is c1ccc(-c2ccc(N(c3cccc(-n4c5ccccc5c5ccccc54)c3)c3ccc4oc5ccccc5c4c3)c3c2sc2ccccc23)cc1. The first kappa shape index (κ1) is 29.1. The Morgan fingerprint density at radius 1 is 0.462 bits per heavy atom. The highest BCUT2D eigenvalue weighted by Crippen LogP contribution is 2.49. The van der Waals surface area contributed by atoms with Crippen LogP contribution in [0.3, 0.4) is 0 Å². The maximum Gasteiger partial charge on any atom is 0.135 e. The molecule has 0 bridgehead atoms. The summed E-state index contributed by atoms with van der Waals surface area (Å²) in [5.74, 6) is 0. The molecule has 0 spiro atoms. The number of anilines is 3. The summed E-state index contributed by atoms with van der Waals surface area (Å²) in [5, 5.41) is 7.23. The van der Waals surface area contributed by atoms with Crippen LogP contribution in [0.5, 0.6) is 0 Å². The molecule has 0 aliphatic rings. The normalized spacial score (nSPS) is 11.8. The van der Waals surface area contributed by atoms with E-state index in [-0.39, 0.29) is 0 Å². The second kappa shape index (κ2) is 11.5. The predicted molar refractivity (Wildman–Crippen MR) is 221 cm³/mol. The van der Waals surface area contributed by atoms with Gasteiger partial charge in [-0.1, -0.05) is 115 Å². The van der Waals surface area contributed by atoms with Crippen LogP contribution in [-0.2, 0) is 0 Å². The number of nitrogens with zero attached hydrogens (tertiary/aromatic N) is 2. The molecule has 0 unspecified atom stereocenters. The number of rotatable bonds is 5. The molecular formula is C48H30N2OS. The van der Waals surface area contributed by atoms with E-state index in [9.17, 15) is 0 Å². The van der Waals surface area contributed by atoms with Crippen LogP contribution in [0.25, 0.3) is 80.7 Å². The number of hydrogen-bond donors (Lipinski definition) is 0. The molecule has 4 heteroatoms. The molecule has 52 heavy (non-hydrogen) atoms. The summed E-state index contributed by atoms with van der Waals surface area (Å²) in [5.41, 5.74) is 11.0. The van der Waals surface area contributed by atoms with Crippen molar-refractivity contribution in [3.8, 4) is 16.8 Å². The van der Waals surface area contributed by atoms with Crippen molar-refractivity contribution in [3.05, 3.63) is 182 Å². The largest absolute Gasteiger partial charge is 0.456 e. The number of furan rings is 1. The standard InChI is InChI=1S/C48H30N2OS/c1-2-13-31(14-3-1)35-26-27-43(47-39-20-7-11-24-46(39)52-48(35)47)49(34-25-28-45-40(30-34)38-19-6-10-23-44(38)51-45)32-15-12-16-33(29-32)50-41-21-8-4-17-36(41)37-18-5-9-22-42(37)50/h1-30H. The van der Waals surface area contributed by atoms with Crippen molar-refractivity contribution in [3.63, 3.8) is 0 Å². The molecule has 0 saturated heterocycles. The number of para-hydroxylation sites is 3. The fourth-order valence-electron chi connectivity index (χ4n) is 8.09. The second-order valence-electron chi connectivity index (χ2n) is 13.3. The van der Waals surface area contributed by atoms with E-state index in [0.29, 0.717) is 0 Å². The highest BCUT2D eigenvalue weighted by Gasteiger charge is 2.23. The highest BCUT2D eigenvalue weighted by atomic mass is 32.1. The maximum atomic E-state index is 6.31. The Morgan fingerprint density at radius 2 is 1.12 bits per heavy atom. The summed E-state index contributed by atoms with van der Waals surface area (Å²) in [4.78, 5) is 2.44. The molecular weight excluding hydrogens is 653 g/mol. The summed E-state index contributed by atoms with van der Waals surface area (Å²) in [6.45, 7) is 0. The van der Waals surface area contributed by atoms with Gasteiger partial charge in [-0.05, 0) is 77.9 Å². The van der Waals surface area contributed by atoms with Crippen LogP contribution in [0, 0.1) is 0 Å². The third-order valence-electron chi connectivity index (χ3n) is 10.4. The van der Waals surface area contributed by atoms with Gasteiger partial charge >= 0.3 is 0 Å². The minimum atomic E-state index is 0.884. The van der Waals surface area contributed by atoms with Crippen molar-refractivity contribution in [2.45, 2.75) is 0 Å². The average molecular weight is 683 g/mol. The van der Waals surface area contributed by atoms with Gasteiger partial charge in [0.2, 0.25) is 0 Å². The van der Waals surface area contributed by atoms with Crippen molar-refractivity contribution >= 4 is 92.3 Å². The van der Waals surface area contributed by atoms with Crippen molar-refractivity contribution in [2.24, 2.45) is 0 Å². The summed E-state index contributed by atoms with van der Waals surface area (Å²) in [7, 11) is 0. The Kier molecular flexibility index (Phi) is 6.42. The van der Waals surface area contributed by atoms with Crippen molar-refractivity contribution < 1.29 is 4.42 Å². The Bertz CT molecular complexity index is 3100. The highest BCUT2D eigenvalue weighted by molar-refractivity contribution is 7.26. The number of fused-ring (bicyclic) bond motifs is 9. The number of thiophene rings is 1. The first-order valence-electron chi connectivity index (χ1n) is 17.6. The molecule has 11 aromatic rings. The zero-order valence-electron chi connectivity index (χ0n) is 28.0. The molecule has 0 N–H and O–H groups in total. The van der Waals surface area contributed by atoms with Crippen LogP contribution in [0.4, 0.5) is 17.1 Å². The minimum absolute atomic E-state index is 0.884. The van der Waals surface area contributed by atoms with Crippen LogP contribution < -0.4 is 4.90 Å². The summed E-state index contributed by atoms with van der Waals surface area (Å²) in [6, 6.07) is 65.5. The maximum absolute atomic E-state index is 6.31. The lowest BCUT2D eigenvalue weighted by molar-refractivity contribution is 0.669. The van der Waals surface area contributed by atoms with Crippen molar-refractivity contribution in [1.82, 2.24) is 4.57 Å². The molecule has 0 atom stereocenters. The van der Waals surface area contributed by atoms with Crippen LogP contribution >= 0.6 is 11.3 Å². The fraction of sp³-hybridized carbons (Fsp3) is 0. The smallest absolute Gasteiger partial charge is 0.135 e. The van der Waals surface area contributed by atoms with Gasteiger partial charge in [0.15, 0.2) is 0 Å². The van der Waals surface area contributed by atoms with Crippen LogP contribution in [-0.4, -0.2) is 4.57 Å². The van der Waals surface area contributed by atoms with Crippen molar-refractivity contribution in [2.75, 3.05) is 4.90 Å². The Hall–Kier alpha value is -6.62. The quantitative estimate of drug-likeness (QED) is 0.180. The first-order chi connectivity index (χ1) is 25.8. The molecule has 0 amide bonds. The lowest BCUT2D eigenvalue weighted by atomic mass is 10.00. The third kappa shape index (κ3) is 4.38. The van der Waals surface area contributed by atoms with Gasteiger partial charge in [-0.3, -0.25) is 0 Å². The number of aromatic nitrogens is 1. The zero-order valence-corrected chi connectivity index (χ0v) is 28.8. The average Bonchev–Trinajstić information content (AvgIpc) is 3.88. The molecule has 3 heterocycles. The molecule has 0 saturated carbocycles. The van der Waals surface area contributed by atoms with Crippen LogP contribution in [0.15, 0.2) is 186 Å². The van der Waals surface area contributed by atoms with Gasteiger partial charge in [0.05, 0.1) is 16.7 Å². The first-order valence-corrected chi connectivity index (χ1v) is 18.4. The summed E-state index contributed by atoms with van der Waals surface area (Å²) >= 11 is 1.87. The number of hydrogen-bond acceptors (Lipinski definition) is 3. The molecule has 0 fully saturated rings. The van der Waals surface area contributed by atoms with Gasteiger partial charge in [-0.15, -0.1) is 11.3 Å². The Morgan fingerprint density at radius 3 is 1.92 bits per heavy atom. The van der Waals surface area contributed by atoms with Gasteiger partial charge in [0.1, 0.15) is 11.2 Å². The number of benzene rings is 8. The predicted octanol–water partition coefficient (Wildman–Crippen LogP) is 14.2. The lowest BCUT2D eigenvalue weighted by Crippen LogP contribution is -2.11. The fourth-order valence-corrected chi connectivity index (χ4v) is 9.35. The van der Waals surface area contributed by atoms with Gasteiger partial charge < -0.3 is 13.9 Å². The summed E-state index contributed by atoms with van der Waals surface area (Å²) < 4.78 is 11.3. The molecule has 0 aliphatic heterocycles. The van der Waals surface area contributed by atoms with Crippen molar-refractivity contribution in [1.29, 1.82) is 0 Å². The molecule has 244 valence electrons. The van der Waals surface area contributed by atoms with Gasteiger partial charge in [-0.25, -0.2) is 0 Å². The van der Waals surface area contributed by atoms with Crippen LogP contribution in [0.1, 0.15) is 0 Å². The van der Waals surface area contributed by atoms with E-state index < -0.39 is 0 Å². The zero-order chi connectivity index (χ0) is 34.2. The van der Waals surface area contributed by atoms with Gasteiger partial charge in [-0.2, -0.15) is 0 Å². The second-order valence-corrected chi connectivity index (χ2v) is 14.4. The van der Waals surface area contributed by atoms with Crippen LogP contribution in [0.2, 0.25) is 0 Å². The summed E-state index contributed by atoms with van der Waals surface area (Å²) in [6.07, 6.45) is 0. The van der Waals surface area contributed by atoms with Gasteiger partial charge in [0.25, 0.3) is 0 Å². The van der Waals surface area contributed by atoms with E-state index in [4.69, 9.17) is 4.42 Å². The lowest BCUT2D eigenvalue weighted by Gasteiger charge is -2.27. The van der Waals surface area contributed by atoms with E-state index in [1.165, 1.54) is 53.1 Å². The third-order valence-corrected chi connectivity index (χ3v) is 11.6. The Balaban J connectivity index is 1.21. The molecule has 0 aliphatic carbocycles. The monoisotopic (exact) mass is 682 g/mol. The topological polar surface area (TPSA) is 21.3 Å². The molecule has 0 radical (unpaired) electrons.